The highest BCUT2D eigenvalue weighted by atomic mass is 16.1. The first-order valence-electron chi connectivity index (χ1n) is 4.53. The number of nitrogen functional groups attached to an aromatic ring is 1. The Balaban J connectivity index is 2.70. The predicted octanol–water partition coefficient (Wildman–Crippen LogP) is 0.696. The van der Waals surface area contributed by atoms with Gasteiger partial charge in [0.2, 0.25) is 0 Å². The number of rotatable bonds is 3. The van der Waals surface area contributed by atoms with Crippen LogP contribution in [0.25, 0.3) is 0 Å². The summed E-state index contributed by atoms with van der Waals surface area (Å²) in [5, 5.41) is 11.1. The van der Waals surface area contributed by atoms with Crippen molar-refractivity contribution < 1.29 is 4.79 Å². The molecular formula is C10H12N4O. The topological polar surface area (TPSA) is 91.8 Å². The fourth-order valence-corrected chi connectivity index (χ4v) is 1.09. The number of pyridine rings is 1. The fourth-order valence-electron chi connectivity index (χ4n) is 1.09. The predicted molar refractivity (Wildman–Crippen MR) is 55.8 cm³/mol. The lowest BCUT2D eigenvalue weighted by atomic mass is 10.2. The molecule has 3 N–H and O–H groups in total. The van der Waals surface area contributed by atoms with E-state index in [4.69, 9.17) is 11.0 Å². The molecule has 0 fully saturated rings. The average Bonchev–Trinajstić information content (AvgIpc) is 2.18. The van der Waals surface area contributed by atoms with Crippen LogP contribution in [-0.2, 0) is 0 Å². The van der Waals surface area contributed by atoms with E-state index in [1.54, 1.807) is 19.1 Å². The van der Waals surface area contributed by atoms with Crippen LogP contribution in [0.4, 0.5) is 5.69 Å². The zero-order chi connectivity index (χ0) is 11.3. The molecule has 5 heteroatoms. The Labute approximate surface area is 87.9 Å². The summed E-state index contributed by atoms with van der Waals surface area (Å²) in [6.07, 6.45) is 1.76. The van der Waals surface area contributed by atoms with Gasteiger partial charge in [0.05, 0.1) is 18.2 Å². The Morgan fingerprint density at radius 3 is 3.13 bits per heavy atom. The summed E-state index contributed by atoms with van der Waals surface area (Å²) in [7, 11) is 0. The van der Waals surface area contributed by atoms with Crippen molar-refractivity contribution in [2.75, 3.05) is 5.73 Å². The van der Waals surface area contributed by atoms with Gasteiger partial charge in [0, 0.05) is 12.2 Å². The van der Waals surface area contributed by atoms with Crippen LogP contribution in [-0.4, -0.2) is 16.9 Å². The average molecular weight is 204 g/mol. The first-order valence-corrected chi connectivity index (χ1v) is 4.53. The quantitative estimate of drug-likeness (QED) is 0.757. The summed E-state index contributed by atoms with van der Waals surface area (Å²) in [6, 6.07) is 5.03. The molecule has 0 aliphatic heterocycles. The smallest absolute Gasteiger partial charge is 0.272 e. The normalized spacial score (nSPS) is 11.5. The SMILES string of the molecule is CC(CC#N)NC(=O)c1ncccc1N. The maximum absolute atomic E-state index is 11.6. The van der Waals surface area contributed by atoms with Gasteiger partial charge < -0.3 is 11.1 Å². The number of carbonyl (C=O) groups is 1. The van der Waals surface area contributed by atoms with Crippen LogP contribution in [0, 0.1) is 11.3 Å². The Hall–Kier alpha value is -2.09. The van der Waals surface area contributed by atoms with E-state index >= 15 is 0 Å². The summed E-state index contributed by atoms with van der Waals surface area (Å²) in [5.74, 6) is -0.351. The Kier molecular flexibility index (Phi) is 3.63. The van der Waals surface area contributed by atoms with Gasteiger partial charge in [0.15, 0.2) is 5.69 Å². The third kappa shape index (κ3) is 2.95. The van der Waals surface area contributed by atoms with E-state index in [2.05, 4.69) is 10.3 Å². The van der Waals surface area contributed by atoms with Crippen molar-refractivity contribution in [3.05, 3.63) is 24.0 Å². The second-order valence-electron chi connectivity index (χ2n) is 3.18. The number of hydrogen-bond donors (Lipinski definition) is 2. The minimum atomic E-state index is -0.351. The van der Waals surface area contributed by atoms with Gasteiger partial charge in [-0.3, -0.25) is 4.79 Å². The number of carbonyl (C=O) groups excluding carboxylic acids is 1. The molecule has 78 valence electrons. The summed E-state index contributed by atoms with van der Waals surface area (Å²) < 4.78 is 0. The number of nitrogens with two attached hydrogens (primary N) is 1. The second kappa shape index (κ2) is 4.96. The molecule has 0 saturated heterocycles. The lowest BCUT2D eigenvalue weighted by molar-refractivity contribution is 0.0937. The number of amides is 1. The number of aromatic nitrogens is 1. The molecule has 1 rings (SSSR count). The van der Waals surface area contributed by atoms with E-state index in [1.807, 2.05) is 6.07 Å². The van der Waals surface area contributed by atoms with Gasteiger partial charge in [-0.1, -0.05) is 0 Å². The molecule has 1 aromatic heterocycles. The van der Waals surface area contributed by atoms with E-state index in [0.717, 1.165) is 0 Å². The lowest BCUT2D eigenvalue weighted by Crippen LogP contribution is -2.33. The number of nitrogens with one attached hydrogen (secondary N) is 1. The molecule has 0 bridgehead atoms. The number of nitriles is 1. The van der Waals surface area contributed by atoms with E-state index in [-0.39, 0.29) is 24.1 Å². The van der Waals surface area contributed by atoms with Crippen LogP contribution in [0.5, 0.6) is 0 Å². The van der Waals surface area contributed by atoms with Crippen LogP contribution in [0.2, 0.25) is 0 Å². The third-order valence-electron chi connectivity index (χ3n) is 1.83. The first kappa shape index (κ1) is 11.0. The van der Waals surface area contributed by atoms with Gasteiger partial charge >= 0.3 is 0 Å². The molecule has 5 nitrogen and oxygen atoms in total. The minimum absolute atomic E-state index is 0.197. The molecule has 1 aromatic rings. The summed E-state index contributed by atoms with van der Waals surface area (Å²) in [6.45, 7) is 1.75. The largest absolute Gasteiger partial charge is 0.397 e. The van der Waals surface area contributed by atoms with Gasteiger partial charge in [-0.05, 0) is 19.1 Å². The van der Waals surface area contributed by atoms with Crippen LogP contribution >= 0.6 is 0 Å². The Morgan fingerprint density at radius 2 is 2.53 bits per heavy atom. The Bertz CT molecular complexity index is 397. The molecule has 1 atom stereocenters. The van der Waals surface area contributed by atoms with Crippen LogP contribution in [0.15, 0.2) is 18.3 Å². The molecule has 0 aliphatic carbocycles. The molecule has 15 heavy (non-hydrogen) atoms. The van der Waals surface area contributed by atoms with Gasteiger partial charge in [0.25, 0.3) is 5.91 Å². The van der Waals surface area contributed by atoms with Crippen molar-refractivity contribution in [3.63, 3.8) is 0 Å². The zero-order valence-electron chi connectivity index (χ0n) is 8.40. The second-order valence-corrected chi connectivity index (χ2v) is 3.18. The molecular weight excluding hydrogens is 192 g/mol. The van der Waals surface area contributed by atoms with Crippen molar-refractivity contribution in [2.45, 2.75) is 19.4 Å². The highest BCUT2D eigenvalue weighted by Gasteiger charge is 2.12. The monoisotopic (exact) mass is 204 g/mol. The number of hydrogen-bond acceptors (Lipinski definition) is 4. The minimum Gasteiger partial charge on any atom is -0.397 e. The van der Waals surface area contributed by atoms with Crippen molar-refractivity contribution in [2.24, 2.45) is 0 Å². The van der Waals surface area contributed by atoms with Gasteiger partial charge in [-0.2, -0.15) is 5.26 Å². The molecule has 0 spiro atoms. The fraction of sp³-hybridized carbons (Fsp3) is 0.300. The Morgan fingerprint density at radius 1 is 1.80 bits per heavy atom. The molecule has 0 saturated carbocycles. The van der Waals surface area contributed by atoms with Crippen molar-refractivity contribution in [3.8, 4) is 6.07 Å². The summed E-state index contributed by atoms with van der Waals surface area (Å²) in [5.41, 5.74) is 6.11. The van der Waals surface area contributed by atoms with Crippen LogP contribution in [0.3, 0.4) is 0 Å². The molecule has 0 radical (unpaired) electrons. The van der Waals surface area contributed by atoms with Crippen molar-refractivity contribution in [1.29, 1.82) is 5.26 Å². The van der Waals surface area contributed by atoms with Crippen molar-refractivity contribution in [1.82, 2.24) is 10.3 Å². The van der Waals surface area contributed by atoms with E-state index in [1.165, 1.54) is 6.20 Å². The molecule has 0 aromatic carbocycles. The standard InChI is InChI=1S/C10H12N4O/c1-7(4-5-11)14-10(15)9-8(12)3-2-6-13-9/h2-3,6-7H,4,12H2,1H3,(H,14,15). The van der Waals surface area contributed by atoms with E-state index in [9.17, 15) is 4.79 Å². The van der Waals surface area contributed by atoms with Crippen molar-refractivity contribution >= 4 is 11.6 Å². The maximum Gasteiger partial charge on any atom is 0.272 e. The highest BCUT2D eigenvalue weighted by molar-refractivity contribution is 5.97. The molecule has 1 unspecified atom stereocenters. The summed E-state index contributed by atoms with van der Waals surface area (Å²) in [4.78, 5) is 15.5. The third-order valence-corrected chi connectivity index (χ3v) is 1.83. The maximum atomic E-state index is 11.6. The van der Waals surface area contributed by atoms with Gasteiger partial charge in [-0.25, -0.2) is 4.98 Å². The van der Waals surface area contributed by atoms with E-state index in [0.29, 0.717) is 5.69 Å². The van der Waals surface area contributed by atoms with Crippen LogP contribution < -0.4 is 11.1 Å². The first-order chi connectivity index (χ1) is 7.15. The molecule has 0 aliphatic rings. The van der Waals surface area contributed by atoms with Crippen LogP contribution in [0.1, 0.15) is 23.8 Å². The van der Waals surface area contributed by atoms with Gasteiger partial charge in [-0.15, -0.1) is 0 Å². The summed E-state index contributed by atoms with van der Waals surface area (Å²) >= 11 is 0. The highest BCUT2D eigenvalue weighted by Crippen LogP contribution is 2.06. The molecule has 1 amide bonds. The van der Waals surface area contributed by atoms with Gasteiger partial charge in [0.1, 0.15) is 0 Å². The number of nitrogens with zero attached hydrogens (tertiary/aromatic N) is 2. The molecule has 1 heterocycles. The lowest BCUT2D eigenvalue weighted by Gasteiger charge is -2.10. The number of anilines is 1. The zero-order valence-corrected chi connectivity index (χ0v) is 8.40. The van der Waals surface area contributed by atoms with E-state index < -0.39 is 0 Å².